The van der Waals surface area contributed by atoms with E-state index in [2.05, 4.69) is 0 Å². The fourth-order valence-corrected chi connectivity index (χ4v) is 2.49. The predicted molar refractivity (Wildman–Crippen MR) is 92.1 cm³/mol. The fraction of sp³-hybridized carbons (Fsp3) is 0.222. The van der Waals surface area contributed by atoms with Gasteiger partial charge in [-0.25, -0.2) is 0 Å². The summed E-state index contributed by atoms with van der Waals surface area (Å²) >= 11 is 5.75. The molecular weight excluding hydrogens is 346 g/mol. The Hall–Kier alpha value is -2.73. The zero-order chi connectivity index (χ0) is 18.6. The first-order valence-corrected chi connectivity index (χ1v) is 7.90. The molecule has 0 radical (unpaired) electrons. The highest BCUT2D eigenvalue weighted by Gasteiger charge is 2.24. The highest BCUT2D eigenvalue weighted by molar-refractivity contribution is 6.43. The zero-order valence-electron chi connectivity index (χ0n) is 13.7. The topological polar surface area (TPSA) is 80.8 Å². The number of carbonyl (C=O) groups excluding carboxylic acids is 4. The van der Waals surface area contributed by atoms with Gasteiger partial charge in [-0.1, -0.05) is 23.7 Å². The first-order valence-electron chi connectivity index (χ1n) is 7.52. The van der Waals surface area contributed by atoms with Crippen LogP contribution in [0.4, 0.5) is 0 Å². The average molecular weight is 362 g/mol. The van der Waals surface area contributed by atoms with Gasteiger partial charge in [0.1, 0.15) is 10.8 Å². The number of hydrogen-bond acceptors (Lipinski definition) is 5. The highest BCUT2D eigenvalue weighted by atomic mass is 35.5. The van der Waals surface area contributed by atoms with Gasteiger partial charge in [-0.3, -0.25) is 24.1 Å². The molecule has 1 heterocycles. The molecule has 0 fully saturated rings. The van der Waals surface area contributed by atoms with E-state index in [9.17, 15) is 19.2 Å². The molecule has 0 saturated heterocycles. The van der Waals surface area contributed by atoms with Gasteiger partial charge in [0.2, 0.25) is 0 Å². The lowest BCUT2D eigenvalue weighted by Gasteiger charge is -2.21. The van der Waals surface area contributed by atoms with E-state index < -0.39 is 17.8 Å². The van der Waals surface area contributed by atoms with Crippen molar-refractivity contribution in [3.8, 4) is 5.75 Å². The van der Waals surface area contributed by atoms with Crippen molar-refractivity contribution in [1.82, 2.24) is 4.90 Å². The predicted octanol–water partition coefficient (Wildman–Crippen LogP) is 2.71. The maximum atomic E-state index is 12.2. The smallest absolute Gasteiger partial charge is 0.308 e. The number of Topliss-reactive ketones (excluding diaryl/α,β-unsaturated/α-hetero) is 1. The largest absolute Gasteiger partial charge is 0.426 e. The Morgan fingerprint density at radius 2 is 1.96 bits per heavy atom. The van der Waals surface area contributed by atoms with E-state index in [4.69, 9.17) is 16.3 Å². The number of amides is 2. The van der Waals surface area contributed by atoms with Crippen molar-refractivity contribution in [2.45, 2.75) is 20.3 Å². The number of nitrogens with zero attached hydrogens (tertiary/aromatic N) is 1. The SMILES string of the molecule is CC(=O)Oc1ccc(/C=C/C(=O)N2CCC=C(Cl)C2=O)cc1C(C)=O. The maximum absolute atomic E-state index is 12.2. The first-order chi connectivity index (χ1) is 11.8. The number of esters is 1. The molecule has 0 bridgehead atoms. The molecule has 0 aliphatic carbocycles. The fourth-order valence-electron chi connectivity index (χ4n) is 2.28. The number of carbonyl (C=O) groups is 4. The first kappa shape index (κ1) is 18.6. The van der Waals surface area contributed by atoms with E-state index in [1.807, 2.05) is 0 Å². The summed E-state index contributed by atoms with van der Waals surface area (Å²) in [5.41, 5.74) is 0.783. The van der Waals surface area contributed by atoms with Gasteiger partial charge < -0.3 is 4.74 Å². The summed E-state index contributed by atoms with van der Waals surface area (Å²) in [6.45, 7) is 2.86. The summed E-state index contributed by atoms with van der Waals surface area (Å²) in [7, 11) is 0. The molecule has 2 rings (SSSR count). The van der Waals surface area contributed by atoms with Crippen LogP contribution < -0.4 is 4.74 Å². The second-order valence-corrected chi connectivity index (χ2v) is 5.78. The second kappa shape index (κ2) is 7.90. The lowest BCUT2D eigenvalue weighted by atomic mass is 10.1. The summed E-state index contributed by atoms with van der Waals surface area (Å²) in [6.07, 6.45) is 4.80. The van der Waals surface area contributed by atoms with Crippen molar-refractivity contribution in [3.63, 3.8) is 0 Å². The van der Waals surface area contributed by atoms with Crippen molar-refractivity contribution < 1.29 is 23.9 Å². The van der Waals surface area contributed by atoms with Gasteiger partial charge >= 0.3 is 5.97 Å². The van der Waals surface area contributed by atoms with E-state index in [1.54, 1.807) is 12.1 Å². The van der Waals surface area contributed by atoms with Crippen molar-refractivity contribution in [1.29, 1.82) is 0 Å². The molecule has 0 N–H and O–H groups in total. The Balaban J connectivity index is 2.20. The molecule has 2 amide bonds. The van der Waals surface area contributed by atoms with Crippen LogP contribution in [-0.4, -0.2) is 35.0 Å². The van der Waals surface area contributed by atoms with E-state index in [1.165, 1.54) is 38.1 Å². The highest BCUT2D eigenvalue weighted by Crippen LogP contribution is 2.22. The molecule has 7 heteroatoms. The summed E-state index contributed by atoms with van der Waals surface area (Å²) in [4.78, 5) is 47.8. The number of rotatable bonds is 4. The molecule has 0 spiro atoms. The van der Waals surface area contributed by atoms with Crippen molar-refractivity contribution in [3.05, 3.63) is 46.5 Å². The Labute approximate surface area is 149 Å². The average Bonchev–Trinajstić information content (AvgIpc) is 2.55. The molecule has 25 heavy (non-hydrogen) atoms. The van der Waals surface area contributed by atoms with Gasteiger partial charge in [-0.15, -0.1) is 0 Å². The van der Waals surface area contributed by atoms with Crippen molar-refractivity contribution in [2.24, 2.45) is 0 Å². The number of ether oxygens (including phenoxy) is 1. The molecule has 0 aromatic heterocycles. The Morgan fingerprint density at radius 1 is 1.24 bits per heavy atom. The molecule has 0 atom stereocenters. The third kappa shape index (κ3) is 4.64. The van der Waals surface area contributed by atoms with E-state index in [-0.39, 0.29) is 28.7 Å². The summed E-state index contributed by atoms with van der Waals surface area (Å²) < 4.78 is 4.98. The van der Waals surface area contributed by atoms with Crippen LogP contribution in [0, 0.1) is 0 Å². The minimum Gasteiger partial charge on any atom is -0.426 e. The van der Waals surface area contributed by atoms with Gasteiger partial charge in [0.05, 0.1) is 5.56 Å². The molecule has 130 valence electrons. The Morgan fingerprint density at radius 3 is 2.60 bits per heavy atom. The van der Waals surface area contributed by atoms with Crippen LogP contribution in [0.1, 0.15) is 36.2 Å². The number of hydrogen-bond donors (Lipinski definition) is 0. The number of imide groups is 1. The van der Waals surface area contributed by atoms with Crippen molar-refractivity contribution in [2.75, 3.05) is 6.54 Å². The van der Waals surface area contributed by atoms with Crippen LogP contribution >= 0.6 is 11.6 Å². The molecule has 1 aliphatic rings. The van der Waals surface area contributed by atoms with Gasteiger partial charge in [-0.2, -0.15) is 0 Å². The molecule has 1 aliphatic heterocycles. The number of benzene rings is 1. The summed E-state index contributed by atoms with van der Waals surface area (Å²) in [6, 6.07) is 4.59. The van der Waals surface area contributed by atoms with Crippen LogP contribution in [0.2, 0.25) is 0 Å². The molecule has 6 nitrogen and oxygen atoms in total. The van der Waals surface area contributed by atoms with E-state index >= 15 is 0 Å². The summed E-state index contributed by atoms with van der Waals surface area (Å²) in [5.74, 6) is -1.68. The van der Waals surface area contributed by atoms with E-state index in [0.717, 1.165) is 4.90 Å². The molecular formula is C18H16ClNO5. The van der Waals surface area contributed by atoms with Crippen LogP contribution in [0.3, 0.4) is 0 Å². The molecule has 0 saturated carbocycles. The standard InChI is InChI=1S/C18H16ClNO5/c1-11(21)14-10-13(5-7-16(14)25-12(2)22)6-8-17(23)20-9-3-4-15(19)18(20)24/h4-8,10H,3,9H2,1-2H3/b8-6+. The van der Waals surface area contributed by atoms with Crippen LogP contribution in [0.25, 0.3) is 6.08 Å². The number of ketones is 1. The number of halogens is 1. The van der Waals surface area contributed by atoms with Gasteiger partial charge in [0.15, 0.2) is 5.78 Å². The maximum Gasteiger partial charge on any atom is 0.308 e. The third-order valence-corrected chi connectivity index (χ3v) is 3.76. The lowest BCUT2D eigenvalue weighted by molar-refractivity contribution is -0.139. The minimum absolute atomic E-state index is 0.0256. The van der Waals surface area contributed by atoms with Gasteiger partial charge in [-0.05, 0) is 37.1 Å². The van der Waals surface area contributed by atoms with E-state index in [0.29, 0.717) is 12.0 Å². The molecule has 1 aromatic rings. The van der Waals surface area contributed by atoms with Crippen LogP contribution in [-0.2, 0) is 14.4 Å². The van der Waals surface area contributed by atoms with Crippen LogP contribution in [0.5, 0.6) is 5.75 Å². The summed E-state index contributed by atoms with van der Waals surface area (Å²) in [5, 5.41) is 0.0256. The Kier molecular flexibility index (Phi) is 5.88. The molecule has 0 unspecified atom stereocenters. The monoisotopic (exact) mass is 361 g/mol. The van der Waals surface area contributed by atoms with Crippen molar-refractivity contribution >= 4 is 41.2 Å². The van der Waals surface area contributed by atoms with Gasteiger partial charge in [0, 0.05) is 19.5 Å². The molecule has 1 aromatic carbocycles. The lowest BCUT2D eigenvalue weighted by Crippen LogP contribution is -2.38. The zero-order valence-corrected chi connectivity index (χ0v) is 14.5. The quantitative estimate of drug-likeness (QED) is 0.356. The van der Waals surface area contributed by atoms with Gasteiger partial charge in [0.25, 0.3) is 11.8 Å². The minimum atomic E-state index is -0.533. The Bertz CT molecular complexity index is 810. The van der Waals surface area contributed by atoms with Crippen LogP contribution in [0.15, 0.2) is 35.4 Å². The normalized spacial score (nSPS) is 14.4. The second-order valence-electron chi connectivity index (χ2n) is 5.37. The third-order valence-electron chi connectivity index (χ3n) is 3.45.